The van der Waals surface area contributed by atoms with Crippen LogP contribution in [0.25, 0.3) is 0 Å². The van der Waals surface area contributed by atoms with E-state index < -0.39 is 49.0 Å². The Labute approximate surface area is 111 Å². The van der Waals surface area contributed by atoms with E-state index in [0.29, 0.717) is 0 Å². The summed E-state index contributed by atoms with van der Waals surface area (Å²) in [5.41, 5.74) is 0. The van der Waals surface area contributed by atoms with Crippen LogP contribution in [0.3, 0.4) is 0 Å². The molecule has 11 heteroatoms. The van der Waals surface area contributed by atoms with E-state index in [0.717, 1.165) is 0 Å². The minimum absolute atomic E-state index is 0.0947. The highest BCUT2D eigenvalue weighted by Crippen LogP contribution is 2.30. The number of halogens is 3. The van der Waals surface area contributed by atoms with E-state index in [1.165, 1.54) is 0 Å². The van der Waals surface area contributed by atoms with Crippen LogP contribution in [0.1, 0.15) is 6.42 Å². The van der Waals surface area contributed by atoms with Gasteiger partial charge in [-0.25, -0.2) is 0 Å². The van der Waals surface area contributed by atoms with Gasteiger partial charge in [-0.15, -0.1) is 0 Å². The van der Waals surface area contributed by atoms with Gasteiger partial charge < -0.3 is 16.5 Å². The molecule has 4 nitrogen and oxygen atoms in total. The molecule has 0 amide bonds. The summed E-state index contributed by atoms with van der Waals surface area (Å²) >= 11 is 0. The van der Waals surface area contributed by atoms with E-state index in [2.05, 4.69) is 0 Å². The first kappa shape index (κ1) is 16.6. The van der Waals surface area contributed by atoms with Gasteiger partial charge in [0, 0.05) is 6.42 Å². The Morgan fingerprint density at radius 1 is 1.22 bits per heavy atom. The maximum atomic E-state index is 12.3. The topological polar surface area (TPSA) is 36.9 Å². The van der Waals surface area contributed by atoms with Crippen molar-refractivity contribution in [2.75, 3.05) is 0 Å². The summed E-state index contributed by atoms with van der Waals surface area (Å²) in [6.45, 7) is 7.21. The van der Waals surface area contributed by atoms with Gasteiger partial charge in [-0.1, -0.05) is 0 Å². The fraction of sp³-hybridized carbons (Fsp3) is 1.00. The van der Waals surface area contributed by atoms with Crippen LogP contribution in [-0.2, 0) is 16.5 Å². The highest BCUT2D eigenvalue weighted by atomic mass is 28.5. The summed E-state index contributed by atoms with van der Waals surface area (Å²) in [6.07, 6.45) is -5.05. The maximum Gasteiger partial charge on any atom is 0.389 e. The maximum absolute atomic E-state index is 12.3. The Kier molecular flexibility index (Phi) is 5.39. The van der Waals surface area contributed by atoms with Crippen molar-refractivity contribution >= 4 is 36.4 Å². The molecule has 2 atom stereocenters. The van der Waals surface area contributed by atoms with Gasteiger partial charge >= 0.3 is 23.3 Å². The lowest BCUT2D eigenvalue weighted by atomic mass is 10.5. The van der Waals surface area contributed by atoms with Gasteiger partial charge in [0.25, 0.3) is 19.3 Å². The average molecular weight is 337 g/mol. The van der Waals surface area contributed by atoms with Gasteiger partial charge in [-0.2, -0.15) is 13.2 Å². The molecule has 18 heavy (non-hydrogen) atoms. The SMILES string of the molecule is C[SiH]1O[SiH2]O[Si](C)(CCC(F)(F)F)O[Si](C)(C)O1. The number of alkyl halides is 3. The molecule has 108 valence electrons. The van der Waals surface area contributed by atoms with Gasteiger partial charge in [0.2, 0.25) is 0 Å². The van der Waals surface area contributed by atoms with Gasteiger partial charge in [0.1, 0.15) is 0 Å². The third kappa shape index (κ3) is 6.09. The zero-order valence-corrected chi connectivity index (χ0v) is 15.5. The first-order valence-corrected chi connectivity index (χ1v) is 14.3. The van der Waals surface area contributed by atoms with Crippen molar-refractivity contribution in [1.29, 1.82) is 0 Å². The highest BCUT2D eigenvalue weighted by molar-refractivity contribution is 6.84. The lowest BCUT2D eigenvalue weighted by molar-refractivity contribution is -0.131. The van der Waals surface area contributed by atoms with Crippen LogP contribution < -0.4 is 0 Å². The number of hydrogen-bond acceptors (Lipinski definition) is 4. The first-order valence-electron chi connectivity index (χ1n) is 5.72. The Balaban J connectivity index is 2.67. The zero-order valence-electron chi connectivity index (χ0n) is 11.0. The van der Waals surface area contributed by atoms with Gasteiger partial charge in [0.15, 0.2) is 0 Å². The van der Waals surface area contributed by atoms with Crippen LogP contribution in [0.2, 0.25) is 32.2 Å². The molecule has 1 fully saturated rings. The summed E-state index contributed by atoms with van der Waals surface area (Å²) in [6, 6.07) is -0.0947. The molecule has 0 bridgehead atoms. The molecule has 0 radical (unpaired) electrons. The number of rotatable bonds is 2. The smallest absolute Gasteiger partial charge is 0.389 e. The van der Waals surface area contributed by atoms with E-state index in [1.807, 2.05) is 19.6 Å². The van der Waals surface area contributed by atoms with Crippen molar-refractivity contribution in [2.24, 2.45) is 0 Å². The first-order chi connectivity index (χ1) is 8.02. The lowest BCUT2D eigenvalue weighted by Crippen LogP contribution is -2.56. The molecule has 1 aliphatic rings. The van der Waals surface area contributed by atoms with Crippen molar-refractivity contribution in [2.45, 2.75) is 44.8 Å². The molecule has 0 N–H and O–H groups in total. The zero-order chi connectivity index (χ0) is 14.0. The van der Waals surface area contributed by atoms with Crippen LogP contribution in [0.5, 0.6) is 0 Å². The summed E-state index contributed by atoms with van der Waals surface area (Å²) in [5, 5.41) is 0. The normalized spacial score (nSPS) is 35.2. The Morgan fingerprint density at radius 2 is 1.83 bits per heavy atom. The van der Waals surface area contributed by atoms with E-state index in [-0.39, 0.29) is 6.04 Å². The summed E-state index contributed by atoms with van der Waals surface area (Å²) in [4.78, 5) is 0. The monoisotopic (exact) mass is 336 g/mol. The fourth-order valence-electron chi connectivity index (χ4n) is 1.75. The molecule has 0 saturated carbocycles. The molecule has 0 aromatic rings. The van der Waals surface area contributed by atoms with Gasteiger partial charge in [-0.3, -0.25) is 0 Å². The number of hydrogen-bond donors (Lipinski definition) is 0. The minimum Gasteiger partial charge on any atom is -0.423 e. The van der Waals surface area contributed by atoms with Gasteiger partial charge in [-0.05, 0) is 32.2 Å². The molecule has 0 aliphatic carbocycles. The Hall–Kier alpha value is 0.498. The highest BCUT2D eigenvalue weighted by Gasteiger charge is 2.44. The molecular formula is C7H19F3O4Si4. The lowest BCUT2D eigenvalue weighted by Gasteiger charge is -2.39. The Bertz CT molecular complexity index is 290. The van der Waals surface area contributed by atoms with E-state index >= 15 is 0 Å². The predicted octanol–water partition coefficient (Wildman–Crippen LogP) is 1.64. The van der Waals surface area contributed by atoms with Crippen LogP contribution in [-0.4, -0.2) is 42.6 Å². The largest absolute Gasteiger partial charge is 0.423 e. The van der Waals surface area contributed by atoms with Crippen LogP contribution >= 0.6 is 0 Å². The van der Waals surface area contributed by atoms with E-state index in [1.54, 1.807) is 6.55 Å². The molecule has 1 rings (SSSR count). The van der Waals surface area contributed by atoms with Crippen molar-refractivity contribution in [3.05, 3.63) is 0 Å². The summed E-state index contributed by atoms with van der Waals surface area (Å²) in [5.74, 6) is 0. The molecule has 1 heterocycles. The molecular weight excluding hydrogens is 317 g/mol. The third-order valence-corrected chi connectivity index (χ3v) is 16.2. The van der Waals surface area contributed by atoms with Crippen molar-refractivity contribution < 1.29 is 29.6 Å². The average Bonchev–Trinajstić information content (AvgIpc) is 2.10. The second-order valence-corrected chi connectivity index (χ2v) is 16.1. The van der Waals surface area contributed by atoms with Crippen LogP contribution in [0.4, 0.5) is 13.2 Å². The van der Waals surface area contributed by atoms with Crippen LogP contribution in [0, 0.1) is 0 Å². The minimum atomic E-state index is -4.18. The van der Waals surface area contributed by atoms with Crippen molar-refractivity contribution in [1.82, 2.24) is 0 Å². The van der Waals surface area contributed by atoms with E-state index in [9.17, 15) is 13.2 Å². The van der Waals surface area contributed by atoms with Crippen molar-refractivity contribution in [3.63, 3.8) is 0 Å². The standard InChI is InChI=1S/C7H19F3O4Si4/c1-16-11-15-12-18(4,6-5-7(8,9)10)14-17(2,3)13-16/h16H,5-6,15H2,1-4H3. The molecule has 1 saturated heterocycles. The van der Waals surface area contributed by atoms with Crippen LogP contribution in [0.15, 0.2) is 0 Å². The third-order valence-electron chi connectivity index (χ3n) is 2.44. The molecule has 1 aliphatic heterocycles. The van der Waals surface area contributed by atoms with E-state index in [4.69, 9.17) is 16.5 Å². The molecule has 0 aromatic heterocycles. The summed E-state index contributed by atoms with van der Waals surface area (Å²) < 4.78 is 59.6. The fourth-order valence-corrected chi connectivity index (χ4v) is 15.8. The Morgan fingerprint density at radius 3 is 2.39 bits per heavy atom. The molecule has 0 spiro atoms. The summed E-state index contributed by atoms with van der Waals surface area (Å²) in [7, 11) is -8.27. The second kappa shape index (κ2) is 5.86. The predicted molar refractivity (Wildman–Crippen MR) is 70.5 cm³/mol. The quantitative estimate of drug-likeness (QED) is 0.719. The molecule has 2 unspecified atom stereocenters. The molecule has 0 aromatic carbocycles. The van der Waals surface area contributed by atoms with Gasteiger partial charge in [0.05, 0.1) is 0 Å². The second-order valence-electron chi connectivity index (χ2n) is 4.87. The van der Waals surface area contributed by atoms with Crippen molar-refractivity contribution in [3.8, 4) is 0 Å².